The van der Waals surface area contributed by atoms with Gasteiger partial charge in [0.1, 0.15) is 5.15 Å². The van der Waals surface area contributed by atoms with Crippen LogP contribution in [0.25, 0.3) is 11.0 Å². The molecule has 3 nitrogen and oxygen atoms in total. The third-order valence-electron chi connectivity index (χ3n) is 1.96. The number of hydrogen-bond donors (Lipinski definition) is 0. The van der Waals surface area contributed by atoms with Gasteiger partial charge in [0.25, 0.3) is 0 Å². The van der Waals surface area contributed by atoms with Crippen LogP contribution in [0.1, 0.15) is 10.4 Å². The van der Waals surface area contributed by atoms with Crippen LogP contribution in [0.5, 0.6) is 0 Å². The number of hydrogen-bond acceptors (Lipinski definition) is 3. The van der Waals surface area contributed by atoms with Crippen molar-refractivity contribution in [1.29, 1.82) is 0 Å². The minimum Gasteiger partial charge on any atom is -0.293 e. The summed E-state index contributed by atoms with van der Waals surface area (Å²) in [6.07, 6.45) is 1.46. The molecule has 0 amide bonds. The normalized spacial score (nSPS) is 10.5. The van der Waals surface area contributed by atoms with Gasteiger partial charge in [-0.15, -0.1) is 0 Å². The van der Waals surface area contributed by atoms with Crippen molar-refractivity contribution in [2.45, 2.75) is 0 Å². The van der Waals surface area contributed by atoms with Gasteiger partial charge in [-0.3, -0.25) is 9.78 Å². The lowest BCUT2D eigenvalue weighted by atomic mass is 10.1. The van der Waals surface area contributed by atoms with Crippen molar-refractivity contribution in [1.82, 2.24) is 9.97 Å². The molecule has 0 bridgehead atoms. The summed E-state index contributed by atoms with van der Waals surface area (Å²) in [5, 5.41) is 0.654. The van der Waals surface area contributed by atoms with Gasteiger partial charge < -0.3 is 0 Å². The molecule has 2 rings (SSSR count). The van der Waals surface area contributed by atoms with E-state index >= 15 is 0 Å². The third kappa shape index (κ3) is 2.16. The number of aromatic nitrogens is 2. The monoisotopic (exact) mass is 284 g/mol. The highest BCUT2D eigenvalue weighted by atomic mass is 79.9. The summed E-state index contributed by atoms with van der Waals surface area (Å²) in [7, 11) is 0. The van der Waals surface area contributed by atoms with Crippen LogP contribution < -0.4 is 0 Å². The highest BCUT2D eigenvalue weighted by molar-refractivity contribution is 9.09. The van der Waals surface area contributed by atoms with Crippen molar-refractivity contribution in [3.05, 3.63) is 35.1 Å². The number of alkyl halides is 1. The zero-order chi connectivity index (χ0) is 10.8. The molecule has 76 valence electrons. The Balaban J connectivity index is 2.57. The van der Waals surface area contributed by atoms with Gasteiger partial charge >= 0.3 is 0 Å². The maximum Gasteiger partial charge on any atom is 0.173 e. The molecule has 0 saturated heterocycles. The molecular formula is C10H6BrClN2O. The first-order valence-corrected chi connectivity index (χ1v) is 5.72. The molecule has 1 aromatic carbocycles. The summed E-state index contributed by atoms with van der Waals surface area (Å²) < 4.78 is 0. The number of fused-ring (bicyclic) bond motifs is 1. The van der Waals surface area contributed by atoms with E-state index in [1.54, 1.807) is 18.2 Å². The van der Waals surface area contributed by atoms with E-state index < -0.39 is 0 Å². The van der Waals surface area contributed by atoms with Crippen molar-refractivity contribution in [2.24, 2.45) is 0 Å². The smallest absolute Gasteiger partial charge is 0.173 e. The van der Waals surface area contributed by atoms with Crippen molar-refractivity contribution >= 4 is 44.3 Å². The molecule has 0 aliphatic heterocycles. The average Bonchev–Trinajstić information content (AvgIpc) is 2.27. The second kappa shape index (κ2) is 4.24. The number of ketones is 1. The first-order chi connectivity index (χ1) is 7.20. The molecular weight excluding hydrogens is 279 g/mol. The molecule has 2 aromatic rings. The van der Waals surface area contributed by atoms with Crippen LogP contribution in [0.4, 0.5) is 0 Å². The molecule has 0 spiro atoms. The van der Waals surface area contributed by atoms with Crippen molar-refractivity contribution in [2.75, 3.05) is 5.33 Å². The molecule has 1 aromatic heterocycles. The maximum absolute atomic E-state index is 11.4. The van der Waals surface area contributed by atoms with Gasteiger partial charge in [0.15, 0.2) is 5.78 Å². The summed E-state index contributed by atoms with van der Waals surface area (Å²) in [6.45, 7) is 0. The Bertz CT molecular complexity index is 530. The van der Waals surface area contributed by atoms with E-state index in [9.17, 15) is 4.79 Å². The predicted octanol–water partition coefficient (Wildman–Crippen LogP) is 2.86. The number of nitrogens with zero attached hydrogens (tertiary/aromatic N) is 2. The zero-order valence-corrected chi connectivity index (χ0v) is 9.92. The summed E-state index contributed by atoms with van der Waals surface area (Å²) in [5.74, 6) is 0.0219. The summed E-state index contributed by atoms with van der Waals surface area (Å²) in [4.78, 5) is 19.6. The summed E-state index contributed by atoms with van der Waals surface area (Å²) in [5.41, 5.74) is 1.98. The summed E-state index contributed by atoms with van der Waals surface area (Å²) >= 11 is 8.82. The minimum atomic E-state index is 0.0219. The minimum absolute atomic E-state index is 0.0219. The van der Waals surface area contributed by atoms with Gasteiger partial charge in [0.2, 0.25) is 0 Å². The Morgan fingerprint density at radius 3 is 2.93 bits per heavy atom. The maximum atomic E-state index is 11.4. The van der Waals surface area contributed by atoms with Gasteiger partial charge in [-0.1, -0.05) is 27.5 Å². The molecule has 0 unspecified atom stereocenters. The Morgan fingerprint density at radius 1 is 1.40 bits per heavy atom. The predicted molar refractivity (Wildman–Crippen MR) is 62.7 cm³/mol. The van der Waals surface area contributed by atoms with Crippen LogP contribution in [0, 0.1) is 0 Å². The van der Waals surface area contributed by atoms with Crippen LogP contribution >= 0.6 is 27.5 Å². The van der Waals surface area contributed by atoms with Crippen LogP contribution in [0.3, 0.4) is 0 Å². The fourth-order valence-corrected chi connectivity index (χ4v) is 1.70. The van der Waals surface area contributed by atoms with Crippen molar-refractivity contribution < 1.29 is 4.79 Å². The molecule has 5 heteroatoms. The fourth-order valence-electron chi connectivity index (χ4n) is 1.24. The number of halogens is 2. The molecule has 0 radical (unpaired) electrons. The molecule has 0 fully saturated rings. The van der Waals surface area contributed by atoms with Gasteiger partial charge in [-0.2, -0.15) is 0 Å². The fraction of sp³-hybridized carbons (Fsp3) is 0.100. The second-order valence-electron chi connectivity index (χ2n) is 2.95. The van der Waals surface area contributed by atoms with Crippen LogP contribution in [-0.2, 0) is 0 Å². The molecule has 0 aliphatic rings. The van der Waals surface area contributed by atoms with E-state index in [1.807, 2.05) is 0 Å². The van der Waals surface area contributed by atoms with Crippen molar-refractivity contribution in [3.63, 3.8) is 0 Å². The largest absolute Gasteiger partial charge is 0.293 e. The van der Waals surface area contributed by atoms with Gasteiger partial charge in [-0.25, -0.2) is 4.98 Å². The molecule has 0 atom stereocenters. The first kappa shape index (κ1) is 10.5. The Morgan fingerprint density at radius 2 is 2.20 bits per heavy atom. The number of carbonyl (C=O) groups is 1. The number of benzene rings is 1. The molecule has 1 heterocycles. The molecule has 15 heavy (non-hydrogen) atoms. The topological polar surface area (TPSA) is 42.9 Å². The van der Waals surface area contributed by atoms with E-state index in [-0.39, 0.29) is 5.78 Å². The lowest BCUT2D eigenvalue weighted by Crippen LogP contribution is -1.99. The Hall–Kier alpha value is -1.00. The van der Waals surface area contributed by atoms with Gasteiger partial charge in [0, 0.05) is 5.56 Å². The van der Waals surface area contributed by atoms with Crippen LogP contribution in [0.15, 0.2) is 24.4 Å². The van der Waals surface area contributed by atoms with E-state index in [4.69, 9.17) is 11.6 Å². The Kier molecular flexibility index (Phi) is 2.98. The number of carbonyl (C=O) groups excluding carboxylic acids is 1. The lowest BCUT2D eigenvalue weighted by molar-refractivity contribution is 0.102. The zero-order valence-electron chi connectivity index (χ0n) is 7.58. The molecule has 0 saturated carbocycles. The number of rotatable bonds is 2. The highest BCUT2D eigenvalue weighted by Gasteiger charge is 2.05. The second-order valence-corrected chi connectivity index (χ2v) is 3.90. The van der Waals surface area contributed by atoms with E-state index in [1.165, 1.54) is 6.20 Å². The van der Waals surface area contributed by atoms with E-state index in [0.29, 0.717) is 27.1 Å². The van der Waals surface area contributed by atoms with E-state index in [2.05, 4.69) is 25.9 Å². The lowest BCUT2D eigenvalue weighted by Gasteiger charge is -2.00. The van der Waals surface area contributed by atoms with E-state index in [0.717, 1.165) is 0 Å². The average molecular weight is 286 g/mol. The highest BCUT2D eigenvalue weighted by Crippen LogP contribution is 2.15. The standard InChI is InChI=1S/C10H6BrClN2O/c11-4-9(15)6-1-2-7-8(3-6)13-5-10(12)14-7/h1-3,5H,4H2. The Labute approximate surface area is 99.6 Å². The first-order valence-electron chi connectivity index (χ1n) is 4.22. The van der Waals surface area contributed by atoms with Gasteiger partial charge in [0.05, 0.1) is 22.6 Å². The van der Waals surface area contributed by atoms with Crippen LogP contribution in [-0.4, -0.2) is 21.1 Å². The van der Waals surface area contributed by atoms with Gasteiger partial charge in [-0.05, 0) is 18.2 Å². The number of Topliss-reactive ketones (excluding diaryl/α,β-unsaturated/α-hetero) is 1. The summed E-state index contributed by atoms with van der Waals surface area (Å²) in [6, 6.07) is 5.17. The quantitative estimate of drug-likeness (QED) is 0.629. The van der Waals surface area contributed by atoms with Crippen LogP contribution in [0.2, 0.25) is 5.15 Å². The third-order valence-corrected chi connectivity index (χ3v) is 2.65. The van der Waals surface area contributed by atoms with Crippen molar-refractivity contribution in [3.8, 4) is 0 Å². The SMILES string of the molecule is O=C(CBr)c1ccc2nc(Cl)cnc2c1. The molecule has 0 N–H and O–H groups in total. The molecule has 0 aliphatic carbocycles.